The van der Waals surface area contributed by atoms with Crippen LogP contribution < -0.4 is 5.32 Å². The van der Waals surface area contributed by atoms with E-state index in [0.29, 0.717) is 25.9 Å². The van der Waals surface area contributed by atoms with E-state index >= 15 is 0 Å². The third kappa shape index (κ3) is 67.3. The molecule has 3 N–H and O–H groups in total. The van der Waals surface area contributed by atoms with E-state index in [1.54, 1.807) is 0 Å². The Kier molecular flexibility index (Phi) is 69.4. The highest BCUT2D eigenvalue weighted by molar-refractivity contribution is 5.76. The molecule has 0 spiro atoms. The molecule has 1 amide bonds. The van der Waals surface area contributed by atoms with Crippen molar-refractivity contribution in [3.8, 4) is 0 Å². The van der Waals surface area contributed by atoms with Crippen molar-refractivity contribution in [1.82, 2.24) is 5.32 Å². The van der Waals surface area contributed by atoms with Gasteiger partial charge in [0.15, 0.2) is 0 Å². The van der Waals surface area contributed by atoms with Gasteiger partial charge in [-0.2, -0.15) is 0 Å². The second-order valence-corrected chi connectivity index (χ2v) is 25.6. The fourth-order valence-electron chi connectivity index (χ4n) is 11.9. The highest BCUT2D eigenvalue weighted by Gasteiger charge is 2.20. The van der Waals surface area contributed by atoms with Crippen molar-refractivity contribution in [1.29, 1.82) is 0 Å². The summed E-state index contributed by atoms with van der Waals surface area (Å²) >= 11 is 0. The number of unbranched alkanes of at least 4 members (excludes halogenated alkanes) is 55. The van der Waals surface area contributed by atoms with Crippen LogP contribution in [0.15, 0.2) is 24.3 Å². The first-order valence-corrected chi connectivity index (χ1v) is 37.1. The largest absolute Gasteiger partial charge is 0.466 e. The molecule has 0 saturated heterocycles. The fourth-order valence-corrected chi connectivity index (χ4v) is 11.9. The Hall–Kier alpha value is -1.66. The Balaban J connectivity index is 3.41. The molecule has 0 heterocycles. The lowest BCUT2D eigenvalue weighted by Gasteiger charge is -2.22. The zero-order valence-corrected chi connectivity index (χ0v) is 55.0. The molecule has 0 saturated carbocycles. The average Bonchev–Trinajstić information content (AvgIpc) is 3.47. The second kappa shape index (κ2) is 70.8. The number of nitrogens with one attached hydrogen (secondary N) is 1. The third-order valence-electron chi connectivity index (χ3n) is 17.5. The summed E-state index contributed by atoms with van der Waals surface area (Å²) in [6, 6.07) is -0.545. The van der Waals surface area contributed by atoms with Crippen molar-refractivity contribution in [3.05, 3.63) is 24.3 Å². The van der Waals surface area contributed by atoms with E-state index < -0.39 is 12.1 Å². The van der Waals surface area contributed by atoms with Crippen LogP contribution in [0.3, 0.4) is 0 Å². The molecule has 480 valence electrons. The third-order valence-corrected chi connectivity index (χ3v) is 17.5. The van der Waals surface area contributed by atoms with Gasteiger partial charge in [0, 0.05) is 12.8 Å². The predicted molar refractivity (Wildman–Crippen MR) is 356 cm³/mol. The van der Waals surface area contributed by atoms with Gasteiger partial charge >= 0.3 is 5.97 Å². The Labute approximate surface area is 507 Å². The highest BCUT2D eigenvalue weighted by Crippen LogP contribution is 2.19. The van der Waals surface area contributed by atoms with E-state index in [1.165, 1.54) is 340 Å². The van der Waals surface area contributed by atoms with Crippen LogP contribution in [-0.4, -0.2) is 47.4 Å². The number of esters is 1. The van der Waals surface area contributed by atoms with Gasteiger partial charge < -0.3 is 20.3 Å². The van der Waals surface area contributed by atoms with E-state index in [2.05, 4.69) is 43.5 Å². The monoisotopic (exact) mass is 1140 g/mol. The first-order valence-electron chi connectivity index (χ1n) is 37.1. The first-order chi connectivity index (χ1) is 40.0. The van der Waals surface area contributed by atoms with E-state index in [4.69, 9.17) is 4.74 Å². The van der Waals surface area contributed by atoms with E-state index in [0.717, 1.165) is 44.9 Å². The molecule has 0 aliphatic carbocycles. The van der Waals surface area contributed by atoms with E-state index in [1.807, 2.05) is 0 Å². The van der Waals surface area contributed by atoms with Gasteiger partial charge in [-0.3, -0.25) is 9.59 Å². The molecule has 6 nitrogen and oxygen atoms in total. The fraction of sp³-hybridized carbons (Fsp3) is 0.920. The first kappa shape index (κ1) is 79.3. The molecule has 0 aromatic heterocycles. The molecule has 0 aromatic carbocycles. The lowest BCUT2D eigenvalue weighted by molar-refractivity contribution is -0.143. The second-order valence-electron chi connectivity index (χ2n) is 25.6. The molecule has 0 aromatic rings. The summed E-state index contributed by atoms with van der Waals surface area (Å²) in [5.74, 6) is -0.0206. The van der Waals surface area contributed by atoms with Crippen molar-refractivity contribution < 1.29 is 24.5 Å². The molecule has 2 unspecified atom stereocenters. The van der Waals surface area contributed by atoms with Crippen LogP contribution in [0.5, 0.6) is 0 Å². The number of carbonyl (C=O) groups excluding carboxylic acids is 2. The van der Waals surface area contributed by atoms with Crippen molar-refractivity contribution in [2.45, 2.75) is 431 Å². The SMILES string of the molecule is CCCCCCCCCCCCCCCCCCCCCCCCCCCC(O)C(CO)NC(=O)CCCCCCCCCCCCC/C=C\C/C=C\CCCCCCCCCCCOC(=O)CCCCCCCCCCCCCC. The standard InChI is InChI=1S/C75H145NO5/c1-3-5-7-9-11-13-15-17-18-19-20-21-22-26-29-32-35-38-41-44-47-51-55-59-63-67-73(78)72(71-77)76-74(79)68-64-60-56-52-48-45-42-39-36-33-30-27-24-23-25-28-31-34-37-40-43-46-50-54-58-62-66-70-81-75(80)69-65-61-57-53-49-16-14-12-10-8-6-4-2/h23-24,28,31,72-73,77-78H,3-22,25-27,29-30,32-71H2,1-2H3,(H,76,79)/b24-23-,31-28-. The number of aliphatic hydroxyl groups is 2. The Morgan fingerprint density at radius 2 is 0.617 bits per heavy atom. The minimum Gasteiger partial charge on any atom is -0.466 e. The van der Waals surface area contributed by atoms with Crippen LogP contribution in [0.1, 0.15) is 418 Å². The summed E-state index contributed by atoms with van der Waals surface area (Å²) < 4.78 is 5.48. The zero-order chi connectivity index (χ0) is 58.5. The maximum Gasteiger partial charge on any atom is 0.305 e. The van der Waals surface area contributed by atoms with Crippen LogP contribution >= 0.6 is 0 Å². The maximum atomic E-state index is 12.6. The predicted octanol–water partition coefficient (Wildman–Crippen LogP) is 24.1. The van der Waals surface area contributed by atoms with Gasteiger partial charge in [0.1, 0.15) is 0 Å². The van der Waals surface area contributed by atoms with Crippen LogP contribution in [0, 0.1) is 0 Å². The van der Waals surface area contributed by atoms with E-state index in [9.17, 15) is 19.8 Å². The molecule has 0 fully saturated rings. The van der Waals surface area contributed by atoms with Gasteiger partial charge in [-0.05, 0) is 57.8 Å². The molecule has 0 bridgehead atoms. The molecular weight excluding hydrogens is 995 g/mol. The van der Waals surface area contributed by atoms with Crippen molar-refractivity contribution in [3.63, 3.8) is 0 Å². The molecule has 0 aliphatic heterocycles. The van der Waals surface area contributed by atoms with Crippen molar-refractivity contribution >= 4 is 11.9 Å². The number of amides is 1. The Morgan fingerprint density at radius 1 is 0.346 bits per heavy atom. The summed E-state index contributed by atoms with van der Waals surface area (Å²) in [5, 5.41) is 23.5. The van der Waals surface area contributed by atoms with Crippen molar-refractivity contribution in [2.24, 2.45) is 0 Å². The molecular formula is C75H145NO5. The minimum atomic E-state index is -0.668. The maximum absolute atomic E-state index is 12.6. The van der Waals surface area contributed by atoms with E-state index in [-0.39, 0.29) is 18.5 Å². The summed E-state index contributed by atoms with van der Waals surface area (Å²) in [6.45, 7) is 4.99. The number of hydrogen-bond donors (Lipinski definition) is 3. The molecule has 81 heavy (non-hydrogen) atoms. The molecule has 0 aliphatic rings. The number of hydrogen-bond acceptors (Lipinski definition) is 5. The van der Waals surface area contributed by atoms with Gasteiger partial charge in [0.2, 0.25) is 5.91 Å². The van der Waals surface area contributed by atoms with Gasteiger partial charge in [-0.25, -0.2) is 0 Å². The number of aliphatic hydroxyl groups excluding tert-OH is 2. The quantitative estimate of drug-likeness (QED) is 0.0320. The topological polar surface area (TPSA) is 95.9 Å². The summed E-state index contributed by atoms with van der Waals surface area (Å²) in [7, 11) is 0. The lowest BCUT2D eigenvalue weighted by atomic mass is 10.0. The van der Waals surface area contributed by atoms with Crippen molar-refractivity contribution in [2.75, 3.05) is 13.2 Å². The number of carbonyl (C=O) groups is 2. The van der Waals surface area contributed by atoms with Crippen LogP contribution in [0.2, 0.25) is 0 Å². The van der Waals surface area contributed by atoms with Gasteiger partial charge in [0.25, 0.3) is 0 Å². The summed E-state index contributed by atoms with van der Waals surface area (Å²) in [5.41, 5.74) is 0. The number of rotatable bonds is 70. The summed E-state index contributed by atoms with van der Waals surface area (Å²) in [4.78, 5) is 24.6. The Bertz CT molecular complexity index is 1270. The molecule has 0 radical (unpaired) electrons. The van der Waals surface area contributed by atoms with Gasteiger partial charge in [0.05, 0.1) is 25.4 Å². The number of ether oxygens (including phenoxy) is 1. The average molecular weight is 1140 g/mol. The summed E-state index contributed by atoms with van der Waals surface area (Å²) in [6.07, 6.45) is 89.5. The smallest absolute Gasteiger partial charge is 0.305 e. The minimum absolute atomic E-state index is 0.0122. The molecule has 2 atom stereocenters. The lowest BCUT2D eigenvalue weighted by Crippen LogP contribution is -2.45. The Morgan fingerprint density at radius 3 is 0.938 bits per heavy atom. The van der Waals surface area contributed by atoms with Crippen LogP contribution in [0.4, 0.5) is 0 Å². The van der Waals surface area contributed by atoms with Crippen LogP contribution in [0.25, 0.3) is 0 Å². The number of allylic oxidation sites excluding steroid dienone is 4. The normalized spacial score (nSPS) is 12.6. The van der Waals surface area contributed by atoms with Gasteiger partial charge in [-0.15, -0.1) is 0 Å². The highest BCUT2D eigenvalue weighted by atomic mass is 16.5. The molecule has 6 heteroatoms. The van der Waals surface area contributed by atoms with Crippen LogP contribution in [-0.2, 0) is 14.3 Å². The van der Waals surface area contributed by atoms with Gasteiger partial charge in [-0.1, -0.05) is 372 Å². The zero-order valence-electron chi connectivity index (χ0n) is 55.0. The molecule has 0 rings (SSSR count).